The third-order valence-electron chi connectivity index (χ3n) is 4.60. The highest BCUT2D eigenvalue weighted by Gasteiger charge is 2.25. The number of carbonyl (C=O) groups is 2. The van der Waals surface area contributed by atoms with E-state index in [1.54, 1.807) is 6.92 Å². The molecule has 1 saturated heterocycles. The number of hydrogen-bond acceptors (Lipinski definition) is 6. The Bertz CT molecular complexity index is 788. The van der Waals surface area contributed by atoms with Crippen molar-refractivity contribution in [2.45, 2.75) is 39.5 Å². The van der Waals surface area contributed by atoms with Crippen LogP contribution in [0.15, 0.2) is 21.9 Å². The molecule has 6 nitrogen and oxygen atoms in total. The summed E-state index contributed by atoms with van der Waals surface area (Å²) < 4.78 is 10.9. The summed E-state index contributed by atoms with van der Waals surface area (Å²) in [7, 11) is 0. The number of anilines is 1. The third kappa shape index (κ3) is 4.99. The summed E-state index contributed by atoms with van der Waals surface area (Å²) in [6, 6.07) is 3.67. The Morgan fingerprint density at radius 1 is 1.22 bits per heavy atom. The standard InChI is InChI=1S/C20H26N2O4S/c1-3-25-20(24)18-15(16-9-8-14(2)26-16)13-27-19(18)21-17(23)12-22-10-6-4-5-7-11-22/h8-9,13H,3-7,10-12H2,1-2H3,(H,21,23). The van der Waals surface area contributed by atoms with Gasteiger partial charge in [0.25, 0.3) is 0 Å². The number of thiophene rings is 1. The topological polar surface area (TPSA) is 71.8 Å². The first-order chi connectivity index (χ1) is 13.1. The lowest BCUT2D eigenvalue weighted by molar-refractivity contribution is -0.117. The molecule has 0 aliphatic carbocycles. The molecule has 2 aromatic rings. The van der Waals surface area contributed by atoms with Crippen molar-refractivity contribution in [1.82, 2.24) is 4.90 Å². The monoisotopic (exact) mass is 390 g/mol. The zero-order chi connectivity index (χ0) is 19.2. The Hall–Kier alpha value is -2.12. The molecule has 3 rings (SSSR count). The molecule has 0 atom stereocenters. The minimum absolute atomic E-state index is 0.105. The lowest BCUT2D eigenvalue weighted by atomic mass is 10.1. The van der Waals surface area contributed by atoms with Gasteiger partial charge in [0, 0.05) is 10.9 Å². The van der Waals surface area contributed by atoms with E-state index in [2.05, 4.69) is 10.2 Å². The van der Waals surface area contributed by atoms with Crippen molar-refractivity contribution in [1.29, 1.82) is 0 Å². The van der Waals surface area contributed by atoms with Gasteiger partial charge in [0.2, 0.25) is 5.91 Å². The Morgan fingerprint density at radius 2 is 1.96 bits per heavy atom. The van der Waals surface area contributed by atoms with E-state index in [0.717, 1.165) is 31.7 Å². The van der Waals surface area contributed by atoms with Crippen molar-refractivity contribution in [2.24, 2.45) is 0 Å². The molecule has 1 N–H and O–H groups in total. The van der Waals surface area contributed by atoms with Crippen LogP contribution in [-0.2, 0) is 9.53 Å². The second-order valence-corrected chi connectivity index (χ2v) is 7.60. The van der Waals surface area contributed by atoms with E-state index in [1.807, 2.05) is 24.4 Å². The van der Waals surface area contributed by atoms with Crippen molar-refractivity contribution in [3.8, 4) is 11.3 Å². The molecule has 146 valence electrons. The average molecular weight is 391 g/mol. The van der Waals surface area contributed by atoms with Crippen molar-refractivity contribution in [3.05, 3.63) is 28.8 Å². The largest absolute Gasteiger partial charge is 0.462 e. The zero-order valence-electron chi connectivity index (χ0n) is 15.9. The van der Waals surface area contributed by atoms with Gasteiger partial charge in [-0.05, 0) is 51.9 Å². The van der Waals surface area contributed by atoms with Gasteiger partial charge in [0.05, 0.1) is 13.2 Å². The average Bonchev–Trinajstić information content (AvgIpc) is 3.15. The molecule has 0 spiro atoms. The number of hydrogen-bond donors (Lipinski definition) is 1. The van der Waals surface area contributed by atoms with Crippen molar-refractivity contribution in [3.63, 3.8) is 0 Å². The molecule has 0 radical (unpaired) electrons. The highest BCUT2D eigenvalue weighted by atomic mass is 32.1. The van der Waals surface area contributed by atoms with Crippen molar-refractivity contribution in [2.75, 3.05) is 31.6 Å². The Balaban J connectivity index is 1.78. The van der Waals surface area contributed by atoms with Crippen LogP contribution in [0.5, 0.6) is 0 Å². The molecule has 1 aliphatic heterocycles. The normalized spacial score (nSPS) is 15.3. The fourth-order valence-electron chi connectivity index (χ4n) is 3.28. The Labute approximate surface area is 163 Å². The van der Waals surface area contributed by atoms with Crippen LogP contribution in [0.4, 0.5) is 5.00 Å². The number of amides is 1. The van der Waals surface area contributed by atoms with E-state index in [-0.39, 0.29) is 12.5 Å². The van der Waals surface area contributed by atoms with Gasteiger partial charge < -0.3 is 14.5 Å². The van der Waals surface area contributed by atoms with Gasteiger partial charge in [-0.25, -0.2) is 4.79 Å². The summed E-state index contributed by atoms with van der Waals surface area (Å²) in [6.07, 6.45) is 4.70. The Morgan fingerprint density at radius 3 is 2.59 bits per heavy atom. The van der Waals surface area contributed by atoms with E-state index >= 15 is 0 Å². The molecule has 3 heterocycles. The van der Waals surface area contributed by atoms with Crippen LogP contribution in [0.25, 0.3) is 11.3 Å². The number of likely N-dealkylation sites (tertiary alicyclic amines) is 1. The summed E-state index contributed by atoms with van der Waals surface area (Å²) in [5.74, 6) is 0.803. The summed E-state index contributed by atoms with van der Waals surface area (Å²) in [6.45, 7) is 6.11. The number of nitrogens with zero attached hydrogens (tertiary/aromatic N) is 1. The van der Waals surface area contributed by atoms with Crippen LogP contribution in [0, 0.1) is 6.92 Å². The molecule has 1 amide bonds. The third-order valence-corrected chi connectivity index (χ3v) is 5.49. The van der Waals surface area contributed by atoms with Crippen LogP contribution in [0.2, 0.25) is 0 Å². The SMILES string of the molecule is CCOC(=O)c1c(-c2ccc(C)o2)csc1NC(=O)CN1CCCCCC1. The molecule has 1 aliphatic rings. The maximum atomic E-state index is 12.6. The summed E-state index contributed by atoms with van der Waals surface area (Å²) in [4.78, 5) is 27.3. The number of furan rings is 1. The molecular formula is C20H26N2O4S. The van der Waals surface area contributed by atoms with Gasteiger partial charge in [-0.3, -0.25) is 9.69 Å². The second-order valence-electron chi connectivity index (χ2n) is 6.72. The summed E-state index contributed by atoms with van der Waals surface area (Å²) in [5.41, 5.74) is 1.01. The number of ether oxygens (including phenoxy) is 1. The van der Waals surface area contributed by atoms with E-state index < -0.39 is 5.97 Å². The first kappa shape index (κ1) is 19.6. The maximum Gasteiger partial charge on any atom is 0.341 e. The van der Waals surface area contributed by atoms with Gasteiger partial charge in [-0.2, -0.15) is 0 Å². The zero-order valence-corrected chi connectivity index (χ0v) is 16.7. The number of rotatable bonds is 6. The number of nitrogens with one attached hydrogen (secondary N) is 1. The molecule has 1 fully saturated rings. The van der Waals surface area contributed by atoms with Gasteiger partial charge in [-0.15, -0.1) is 11.3 Å². The molecule has 0 unspecified atom stereocenters. The minimum atomic E-state index is -0.451. The number of aryl methyl sites for hydroxylation is 1. The highest BCUT2D eigenvalue weighted by Crippen LogP contribution is 2.37. The highest BCUT2D eigenvalue weighted by molar-refractivity contribution is 7.15. The molecule has 0 aromatic carbocycles. The minimum Gasteiger partial charge on any atom is -0.462 e. The fraction of sp³-hybridized carbons (Fsp3) is 0.500. The number of carbonyl (C=O) groups excluding carboxylic acids is 2. The van der Waals surface area contributed by atoms with Crippen LogP contribution in [0.3, 0.4) is 0 Å². The van der Waals surface area contributed by atoms with Crippen molar-refractivity contribution >= 4 is 28.2 Å². The van der Waals surface area contributed by atoms with Gasteiger partial charge in [0.15, 0.2) is 0 Å². The Kier molecular flexibility index (Phi) is 6.68. The molecule has 27 heavy (non-hydrogen) atoms. The van der Waals surface area contributed by atoms with Crippen LogP contribution in [0.1, 0.15) is 48.7 Å². The molecule has 0 saturated carbocycles. The van der Waals surface area contributed by atoms with Gasteiger partial charge >= 0.3 is 5.97 Å². The molecular weight excluding hydrogens is 364 g/mol. The summed E-state index contributed by atoms with van der Waals surface area (Å²) in [5, 5.41) is 5.25. The van der Waals surface area contributed by atoms with Crippen molar-refractivity contribution < 1.29 is 18.7 Å². The van der Waals surface area contributed by atoms with Crippen LogP contribution < -0.4 is 5.32 Å². The fourth-order valence-corrected chi connectivity index (χ4v) is 4.23. The lowest BCUT2D eigenvalue weighted by Gasteiger charge is -2.18. The quantitative estimate of drug-likeness (QED) is 0.744. The number of esters is 1. The second kappa shape index (κ2) is 9.19. The predicted octanol–water partition coefficient (Wildman–Crippen LogP) is 4.31. The maximum absolute atomic E-state index is 12.6. The first-order valence-corrected chi connectivity index (χ1v) is 10.3. The van der Waals surface area contributed by atoms with Gasteiger partial charge in [-0.1, -0.05) is 12.8 Å². The van der Waals surface area contributed by atoms with Crippen LogP contribution in [-0.4, -0.2) is 43.0 Å². The molecule has 7 heteroatoms. The van der Waals surface area contributed by atoms with Gasteiger partial charge in [0.1, 0.15) is 22.1 Å². The molecule has 0 bridgehead atoms. The van der Waals surface area contributed by atoms with E-state index in [0.29, 0.717) is 28.4 Å². The van der Waals surface area contributed by atoms with E-state index in [9.17, 15) is 9.59 Å². The smallest absolute Gasteiger partial charge is 0.341 e. The molecule has 2 aromatic heterocycles. The first-order valence-electron chi connectivity index (χ1n) is 9.46. The van der Waals surface area contributed by atoms with Crippen LogP contribution >= 0.6 is 11.3 Å². The predicted molar refractivity (Wildman–Crippen MR) is 106 cm³/mol. The lowest BCUT2D eigenvalue weighted by Crippen LogP contribution is -2.34. The van der Waals surface area contributed by atoms with E-state index in [4.69, 9.17) is 9.15 Å². The van der Waals surface area contributed by atoms with E-state index in [1.165, 1.54) is 24.2 Å². The summed E-state index contributed by atoms with van der Waals surface area (Å²) >= 11 is 1.32.